The molecule has 2 amide bonds. The van der Waals surface area contributed by atoms with Crippen LogP contribution >= 0.6 is 11.6 Å². The molecule has 1 aliphatic rings. The predicted molar refractivity (Wildman–Crippen MR) is 82.3 cm³/mol. The minimum Gasteiger partial charge on any atom is -0.343 e. The number of rotatable bonds is 4. The monoisotopic (exact) mass is 348 g/mol. The van der Waals surface area contributed by atoms with Gasteiger partial charge in [-0.2, -0.15) is 4.98 Å². The number of aliphatic imine (C=N–C) groups is 1. The smallest absolute Gasteiger partial charge is 0.260 e. The van der Waals surface area contributed by atoms with E-state index in [1.807, 2.05) is 0 Å². The fourth-order valence-corrected chi connectivity index (χ4v) is 2.31. The number of benzene rings is 1. The highest BCUT2D eigenvalue weighted by atomic mass is 35.5. The zero-order chi connectivity index (χ0) is 17.1. The Kier molecular flexibility index (Phi) is 4.48. The Balaban J connectivity index is 1.68. The largest absolute Gasteiger partial charge is 0.343 e. The lowest BCUT2D eigenvalue weighted by Crippen LogP contribution is -2.24. The van der Waals surface area contributed by atoms with Crippen molar-refractivity contribution in [2.45, 2.75) is 12.5 Å². The van der Waals surface area contributed by atoms with Crippen LogP contribution in [0.4, 0.5) is 4.39 Å². The summed E-state index contributed by atoms with van der Waals surface area (Å²) in [7, 11) is 0. The second kappa shape index (κ2) is 6.71. The first-order valence-corrected chi connectivity index (χ1v) is 7.23. The summed E-state index contributed by atoms with van der Waals surface area (Å²) >= 11 is 5.82. The Bertz CT molecular complexity index is 842. The van der Waals surface area contributed by atoms with Crippen LogP contribution in [0.1, 0.15) is 28.0 Å². The maximum Gasteiger partial charge on any atom is 0.260 e. The van der Waals surface area contributed by atoms with Crippen LogP contribution in [-0.4, -0.2) is 28.2 Å². The van der Waals surface area contributed by atoms with Crippen molar-refractivity contribution >= 4 is 29.6 Å². The molecule has 2 aromatic rings. The van der Waals surface area contributed by atoms with Crippen LogP contribution in [0.2, 0.25) is 5.02 Å². The number of allylic oxidation sites excluding steroid dienone is 1. The van der Waals surface area contributed by atoms with Crippen molar-refractivity contribution in [1.29, 1.82) is 0 Å². The maximum absolute atomic E-state index is 13.7. The first-order valence-electron chi connectivity index (χ1n) is 6.85. The number of aromatic nitrogens is 2. The van der Waals surface area contributed by atoms with Gasteiger partial charge in [0, 0.05) is 6.21 Å². The Hall–Kier alpha value is -2.87. The molecule has 7 nitrogen and oxygen atoms in total. The van der Waals surface area contributed by atoms with Gasteiger partial charge in [0.2, 0.25) is 5.89 Å². The molecule has 0 saturated heterocycles. The number of nitrogens with one attached hydrogen (secondary N) is 1. The second-order valence-electron chi connectivity index (χ2n) is 4.80. The van der Waals surface area contributed by atoms with Crippen LogP contribution in [-0.2, 0) is 11.3 Å². The Labute approximate surface area is 140 Å². The molecular weight excluding hydrogens is 339 g/mol. The quantitative estimate of drug-likeness (QED) is 0.911. The molecule has 0 saturated carbocycles. The van der Waals surface area contributed by atoms with Crippen LogP contribution in [0.25, 0.3) is 0 Å². The lowest BCUT2D eigenvalue weighted by molar-refractivity contribution is -0.118. The van der Waals surface area contributed by atoms with E-state index >= 15 is 0 Å². The number of amides is 2. The third-order valence-electron chi connectivity index (χ3n) is 3.21. The zero-order valence-corrected chi connectivity index (χ0v) is 12.8. The third-order valence-corrected chi connectivity index (χ3v) is 3.52. The van der Waals surface area contributed by atoms with Gasteiger partial charge < -0.3 is 9.84 Å². The standard InChI is InChI=1S/C15H10ClFN4O3/c16-9-4-1-5-10(17)12(9)15(23)19-7-11-20-13(21-24-11)8-3-2-6-18-14(8)22/h1-6,8H,7H2,(H,19,23). The van der Waals surface area contributed by atoms with Gasteiger partial charge in [0.05, 0.1) is 17.1 Å². The molecule has 1 aromatic carbocycles. The molecule has 1 unspecified atom stereocenters. The number of nitrogens with zero attached hydrogens (tertiary/aromatic N) is 3. The van der Waals surface area contributed by atoms with Gasteiger partial charge in [-0.1, -0.05) is 28.9 Å². The summed E-state index contributed by atoms with van der Waals surface area (Å²) in [6.07, 6.45) is 4.56. The van der Waals surface area contributed by atoms with Gasteiger partial charge in [-0.25, -0.2) is 9.38 Å². The number of hydrogen-bond donors (Lipinski definition) is 1. The summed E-state index contributed by atoms with van der Waals surface area (Å²) in [5, 5.41) is 6.12. The van der Waals surface area contributed by atoms with Crippen LogP contribution in [0.15, 0.2) is 39.9 Å². The predicted octanol–water partition coefficient (Wildman–Crippen LogP) is 2.04. The van der Waals surface area contributed by atoms with Gasteiger partial charge in [-0.05, 0) is 18.2 Å². The molecule has 0 spiro atoms. The van der Waals surface area contributed by atoms with Gasteiger partial charge in [-0.15, -0.1) is 0 Å². The van der Waals surface area contributed by atoms with Crippen LogP contribution in [0, 0.1) is 5.82 Å². The second-order valence-corrected chi connectivity index (χ2v) is 5.21. The molecule has 24 heavy (non-hydrogen) atoms. The third kappa shape index (κ3) is 3.23. The summed E-state index contributed by atoms with van der Waals surface area (Å²) in [6.45, 7) is -0.135. The Morgan fingerprint density at radius 1 is 1.42 bits per heavy atom. The summed E-state index contributed by atoms with van der Waals surface area (Å²) in [5.41, 5.74) is -0.265. The Morgan fingerprint density at radius 3 is 3.00 bits per heavy atom. The molecule has 2 heterocycles. The minimum absolute atomic E-state index is 0.00507. The number of hydrogen-bond acceptors (Lipinski definition) is 5. The summed E-state index contributed by atoms with van der Waals surface area (Å²) in [6, 6.07) is 3.94. The first-order chi connectivity index (χ1) is 11.6. The first kappa shape index (κ1) is 16.0. The number of carbonyl (C=O) groups is 2. The van der Waals surface area contributed by atoms with E-state index in [-0.39, 0.29) is 28.8 Å². The van der Waals surface area contributed by atoms with E-state index in [2.05, 4.69) is 20.4 Å². The molecule has 122 valence electrons. The molecule has 1 N–H and O–H groups in total. The normalized spacial score (nSPS) is 16.4. The average molecular weight is 349 g/mol. The number of halogens is 2. The van der Waals surface area contributed by atoms with Crippen molar-refractivity contribution in [3.8, 4) is 0 Å². The summed E-state index contributed by atoms with van der Waals surface area (Å²) in [4.78, 5) is 31.3. The van der Waals surface area contributed by atoms with Crippen molar-refractivity contribution in [1.82, 2.24) is 15.5 Å². The minimum atomic E-state index is -0.734. The van der Waals surface area contributed by atoms with Gasteiger partial charge in [-0.3, -0.25) is 9.59 Å². The zero-order valence-electron chi connectivity index (χ0n) is 12.1. The number of carbonyl (C=O) groups excluding carboxylic acids is 2. The molecule has 1 aromatic heterocycles. The highest BCUT2D eigenvalue weighted by Crippen LogP contribution is 2.20. The molecule has 0 radical (unpaired) electrons. The van der Waals surface area contributed by atoms with Crippen LogP contribution in [0.5, 0.6) is 0 Å². The van der Waals surface area contributed by atoms with Crippen molar-refractivity contribution < 1.29 is 18.5 Å². The molecule has 3 rings (SSSR count). The highest BCUT2D eigenvalue weighted by Gasteiger charge is 2.24. The molecule has 1 aliphatic heterocycles. The van der Waals surface area contributed by atoms with Gasteiger partial charge in [0.15, 0.2) is 5.82 Å². The van der Waals surface area contributed by atoms with Crippen molar-refractivity contribution in [3.05, 3.63) is 58.5 Å². The van der Waals surface area contributed by atoms with Gasteiger partial charge in [0.25, 0.3) is 11.8 Å². The lowest BCUT2D eigenvalue weighted by atomic mass is 10.1. The molecule has 1 atom stereocenters. The molecule has 9 heteroatoms. The molecule has 0 fully saturated rings. The van der Waals surface area contributed by atoms with Gasteiger partial charge in [0.1, 0.15) is 11.7 Å². The average Bonchev–Trinajstić information content (AvgIpc) is 3.02. The molecular formula is C15H10ClFN4O3. The van der Waals surface area contributed by atoms with Crippen molar-refractivity contribution in [3.63, 3.8) is 0 Å². The van der Waals surface area contributed by atoms with E-state index in [0.717, 1.165) is 6.07 Å². The fraction of sp³-hybridized carbons (Fsp3) is 0.133. The van der Waals surface area contributed by atoms with E-state index in [1.165, 1.54) is 18.3 Å². The maximum atomic E-state index is 13.7. The lowest BCUT2D eigenvalue weighted by Gasteiger charge is -2.06. The van der Waals surface area contributed by atoms with E-state index in [9.17, 15) is 14.0 Å². The topological polar surface area (TPSA) is 97.5 Å². The Morgan fingerprint density at radius 2 is 2.25 bits per heavy atom. The fourth-order valence-electron chi connectivity index (χ4n) is 2.06. The van der Waals surface area contributed by atoms with Crippen LogP contribution < -0.4 is 5.32 Å². The van der Waals surface area contributed by atoms with Gasteiger partial charge >= 0.3 is 0 Å². The summed E-state index contributed by atoms with van der Waals surface area (Å²) < 4.78 is 18.6. The summed E-state index contributed by atoms with van der Waals surface area (Å²) in [5.74, 6) is -2.36. The number of dihydropyridines is 1. The highest BCUT2D eigenvalue weighted by molar-refractivity contribution is 6.33. The van der Waals surface area contributed by atoms with E-state index < -0.39 is 23.5 Å². The van der Waals surface area contributed by atoms with E-state index in [4.69, 9.17) is 16.1 Å². The van der Waals surface area contributed by atoms with Crippen molar-refractivity contribution in [2.75, 3.05) is 0 Å². The van der Waals surface area contributed by atoms with Crippen molar-refractivity contribution in [2.24, 2.45) is 4.99 Å². The van der Waals surface area contributed by atoms with E-state index in [1.54, 1.807) is 12.2 Å². The van der Waals surface area contributed by atoms with Crippen LogP contribution in [0.3, 0.4) is 0 Å². The van der Waals surface area contributed by atoms with E-state index in [0.29, 0.717) is 0 Å². The molecule has 0 bridgehead atoms. The SMILES string of the molecule is O=C(NCc1nc(C2C=CC=NC2=O)no1)c1c(F)cccc1Cl. The molecule has 0 aliphatic carbocycles.